The molecule has 0 saturated carbocycles. The van der Waals surface area contributed by atoms with Crippen LogP contribution in [0.5, 0.6) is 0 Å². The van der Waals surface area contributed by atoms with Gasteiger partial charge in [0.15, 0.2) is 0 Å². The standard InChI is InChI=1S/C10H13N3O/c1-7-3-4-8(11-5-7)10-12-6-9(14)13(10)2/h3-5,10,12H,6H2,1-2H3. The number of rotatable bonds is 1. The molecule has 14 heavy (non-hydrogen) atoms. The normalized spacial score (nSPS) is 21.7. The van der Waals surface area contributed by atoms with E-state index in [0.29, 0.717) is 6.54 Å². The lowest BCUT2D eigenvalue weighted by molar-refractivity contribution is -0.126. The number of carbonyl (C=O) groups excluding carboxylic acids is 1. The van der Waals surface area contributed by atoms with Crippen molar-refractivity contribution < 1.29 is 4.79 Å². The molecule has 74 valence electrons. The van der Waals surface area contributed by atoms with E-state index in [9.17, 15) is 4.79 Å². The molecule has 1 fully saturated rings. The fourth-order valence-electron chi connectivity index (χ4n) is 1.53. The van der Waals surface area contributed by atoms with Crippen LogP contribution in [-0.4, -0.2) is 29.4 Å². The molecule has 1 aliphatic rings. The van der Waals surface area contributed by atoms with Gasteiger partial charge in [-0.05, 0) is 18.6 Å². The lowest BCUT2D eigenvalue weighted by Gasteiger charge is -2.18. The van der Waals surface area contributed by atoms with Gasteiger partial charge in [0, 0.05) is 13.2 Å². The third-order valence-corrected chi connectivity index (χ3v) is 2.44. The van der Waals surface area contributed by atoms with Crippen LogP contribution in [0.25, 0.3) is 0 Å². The fraction of sp³-hybridized carbons (Fsp3) is 0.400. The molecule has 1 N–H and O–H groups in total. The zero-order valence-corrected chi connectivity index (χ0v) is 8.32. The van der Waals surface area contributed by atoms with Gasteiger partial charge < -0.3 is 4.90 Å². The Bertz CT molecular complexity index is 347. The number of pyridine rings is 1. The Morgan fingerprint density at radius 1 is 1.57 bits per heavy atom. The van der Waals surface area contributed by atoms with Gasteiger partial charge in [-0.1, -0.05) is 6.07 Å². The van der Waals surface area contributed by atoms with Crippen molar-refractivity contribution in [2.75, 3.05) is 13.6 Å². The van der Waals surface area contributed by atoms with E-state index >= 15 is 0 Å². The molecule has 4 heteroatoms. The Morgan fingerprint density at radius 3 is 2.86 bits per heavy atom. The maximum absolute atomic E-state index is 11.3. The van der Waals surface area contributed by atoms with Crippen molar-refractivity contribution in [3.8, 4) is 0 Å². The quantitative estimate of drug-likeness (QED) is 0.701. The van der Waals surface area contributed by atoms with Crippen LogP contribution in [0, 0.1) is 6.92 Å². The summed E-state index contributed by atoms with van der Waals surface area (Å²) in [5.41, 5.74) is 2.02. The molecular weight excluding hydrogens is 178 g/mol. The van der Waals surface area contributed by atoms with Gasteiger partial charge in [0.1, 0.15) is 6.17 Å². The zero-order chi connectivity index (χ0) is 10.1. The Labute approximate surface area is 82.9 Å². The van der Waals surface area contributed by atoms with Crippen molar-refractivity contribution in [2.24, 2.45) is 0 Å². The largest absolute Gasteiger partial charge is 0.323 e. The minimum atomic E-state index is -0.0666. The van der Waals surface area contributed by atoms with E-state index in [2.05, 4.69) is 10.3 Å². The summed E-state index contributed by atoms with van der Waals surface area (Å²) in [6.45, 7) is 2.39. The highest BCUT2D eigenvalue weighted by atomic mass is 16.2. The molecule has 1 aliphatic heterocycles. The molecular formula is C10H13N3O. The van der Waals surface area contributed by atoms with Crippen LogP contribution in [0.15, 0.2) is 18.3 Å². The smallest absolute Gasteiger partial charge is 0.237 e. The molecule has 2 rings (SSSR count). The van der Waals surface area contributed by atoms with Gasteiger partial charge in [-0.2, -0.15) is 0 Å². The van der Waals surface area contributed by atoms with Crippen molar-refractivity contribution in [1.82, 2.24) is 15.2 Å². The molecule has 2 heterocycles. The highest BCUT2D eigenvalue weighted by Crippen LogP contribution is 2.18. The molecule has 0 spiro atoms. The zero-order valence-electron chi connectivity index (χ0n) is 8.32. The van der Waals surface area contributed by atoms with Crippen LogP contribution in [0.4, 0.5) is 0 Å². The van der Waals surface area contributed by atoms with Crippen LogP contribution >= 0.6 is 0 Å². The molecule has 0 radical (unpaired) electrons. The Kier molecular flexibility index (Phi) is 2.21. The number of nitrogens with zero attached hydrogens (tertiary/aromatic N) is 2. The number of aromatic nitrogens is 1. The molecule has 0 bridgehead atoms. The molecule has 1 aromatic rings. The molecule has 1 unspecified atom stereocenters. The first-order valence-electron chi connectivity index (χ1n) is 4.60. The second-order valence-electron chi connectivity index (χ2n) is 3.55. The maximum Gasteiger partial charge on any atom is 0.237 e. The van der Waals surface area contributed by atoms with Crippen molar-refractivity contribution >= 4 is 5.91 Å². The predicted octanol–water partition coefficient (Wildman–Crippen LogP) is 0.450. The van der Waals surface area contributed by atoms with Crippen LogP contribution in [0.1, 0.15) is 17.4 Å². The van der Waals surface area contributed by atoms with Crippen LogP contribution in [-0.2, 0) is 4.79 Å². The second-order valence-corrected chi connectivity index (χ2v) is 3.55. The first-order valence-corrected chi connectivity index (χ1v) is 4.60. The number of hydrogen-bond acceptors (Lipinski definition) is 3. The van der Waals surface area contributed by atoms with Gasteiger partial charge in [-0.15, -0.1) is 0 Å². The third-order valence-electron chi connectivity index (χ3n) is 2.44. The molecule has 1 amide bonds. The Balaban J connectivity index is 2.23. The summed E-state index contributed by atoms with van der Waals surface area (Å²) >= 11 is 0. The van der Waals surface area contributed by atoms with Gasteiger partial charge in [0.25, 0.3) is 0 Å². The third kappa shape index (κ3) is 1.48. The molecule has 0 aromatic carbocycles. The van der Waals surface area contributed by atoms with Crippen molar-refractivity contribution in [2.45, 2.75) is 13.1 Å². The van der Waals surface area contributed by atoms with Gasteiger partial charge in [-0.3, -0.25) is 15.1 Å². The van der Waals surface area contributed by atoms with Crippen LogP contribution in [0.2, 0.25) is 0 Å². The van der Waals surface area contributed by atoms with Crippen LogP contribution in [0.3, 0.4) is 0 Å². The second kappa shape index (κ2) is 3.38. The molecule has 1 saturated heterocycles. The number of likely N-dealkylation sites (N-methyl/N-ethyl adjacent to an activating group) is 1. The average molecular weight is 191 g/mol. The summed E-state index contributed by atoms with van der Waals surface area (Å²) in [6.07, 6.45) is 1.75. The summed E-state index contributed by atoms with van der Waals surface area (Å²) in [4.78, 5) is 17.2. The number of hydrogen-bond donors (Lipinski definition) is 1. The summed E-state index contributed by atoms with van der Waals surface area (Å²) in [5, 5.41) is 3.11. The average Bonchev–Trinajstić information content (AvgIpc) is 2.50. The number of nitrogens with one attached hydrogen (secondary N) is 1. The maximum atomic E-state index is 11.3. The highest BCUT2D eigenvalue weighted by molar-refractivity contribution is 5.80. The Hall–Kier alpha value is -1.42. The molecule has 4 nitrogen and oxygen atoms in total. The fourth-order valence-corrected chi connectivity index (χ4v) is 1.53. The molecule has 1 aromatic heterocycles. The van der Waals surface area contributed by atoms with Gasteiger partial charge in [-0.25, -0.2) is 0 Å². The van der Waals surface area contributed by atoms with Gasteiger partial charge in [0.2, 0.25) is 5.91 Å². The minimum Gasteiger partial charge on any atom is -0.323 e. The SMILES string of the molecule is Cc1ccc(C2NCC(=O)N2C)nc1. The first kappa shape index (κ1) is 9.15. The van der Waals surface area contributed by atoms with Gasteiger partial charge in [0.05, 0.1) is 12.2 Å². The number of aryl methyl sites for hydroxylation is 1. The van der Waals surface area contributed by atoms with E-state index < -0.39 is 0 Å². The number of carbonyl (C=O) groups is 1. The van der Waals surface area contributed by atoms with E-state index in [1.807, 2.05) is 25.3 Å². The van der Waals surface area contributed by atoms with Crippen molar-refractivity contribution in [1.29, 1.82) is 0 Å². The molecule has 1 atom stereocenters. The lowest BCUT2D eigenvalue weighted by atomic mass is 10.2. The molecule has 0 aliphatic carbocycles. The first-order chi connectivity index (χ1) is 6.68. The topological polar surface area (TPSA) is 45.2 Å². The highest BCUT2D eigenvalue weighted by Gasteiger charge is 2.28. The summed E-state index contributed by atoms with van der Waals surface area (Å²) < 4.78 is 0. The van der Waals surface area contributed by atoms with E-state index in [1.165, 1.54) is 0 Å². The summed E-state index contributed by atoms with van der Waals surface area (Å²) in [7, 11) is 1.79. The number of amides is 1. The van der Waals surface area contributed by atoms with E-state index in [-0.39, 0.29) is 12.1 Å². The monoisotopic (exact) mass is 191 g/mol. The van der Waals surface area contributed by atoms with Crippen molar-refractivity contribution in [3.63, 3.8) is 0 Å². The summed E-state index contributed by atoms with van der Waals surface area (Å²) in [6, 6.07) is 3.95. The van der Waals surface area contributed by atoms with Crippen LogP contribution < -0.4 is 5.32 Å². The predicted molar refractivity (Wildman–Crippen MR) is 52.5 cm³/mol. The lowest BCUT2D eigenvalue weighted by Crippen LogP contribution is -2.26. The minimum absolute atomic E-state index is 0.0666. The van der Waals surface area contributed by atoms with Gasteiger partial charge >= 0.3 is 0 Å². The van der Waals surface area contributed by atoms with E-state index in [4.69, 9.17) is 0 Å². The Morgan fingerprint density at radius 2 is 2.36 bits per heavy atom. The summed E-state index contributed by atoms with van der Waals surface area (Å²) in [5.74, 6) is 0.109. The van der Waals surface area contributed by atoms with Crippen molar-refractivity contribution in [3.05, 3.63) is 29.6 Å². The van der Waals surface area contributed by atoms with E-state index in [1.54, 1.807) is 11.9 Å². The van der Waals surface area contributed by atoms with E-state index in [0.717, 1.165) is 11.3 Å².